The predicted molar refractivity (Wildman–Crippen MR) is 252 cm³/mol. The van der Waals surface area contributed by atoms with E-state index in [1.54, 1.807) is 24.3 Å². The number of rotatable bonds is 21. The van der Waals surface area contributed by atoms with Gasteiger partial charge in [0.1, 0.15) is 43.9 Å². The van der Waals surface area contributed by atoms with Gasteiger partial charge in [-0.1, -0.05) is 106 Å². The minimum atomic E-state index is -0.819. The van der Waals surface area contributed by atoms with E-state index in [0.29, 0.717) is 54.4 Å². The van der Waals surface area contributed by atoms with Crippen molar-refractivity contribution < 1.29 is 52.7 Å². The van der Waals surface area contributed by atoms with Crippen molar-refractivity contribution in [1.29, 1.82) is 0 Å². The van der Waals surface area contributed by atoms with Gasteiger partial charge in [-0.2, -0.15) is 0 Å². The van der Waals surface area contributed by atoms with E-state index in [9.17, 15) is 24.3 Å². The molecule has 13 heteroatoms. The number of allylic oxidation sites excluding steroid dienone is 3. The van der Waals surface area contributed by atoms with Gasteiger partial charge >= 0.3 is 24.1 Å². The van der Waals surface area contributed by atoms with E-state index in [2.05, 4.69) is 77.1 Å². The molecule has 5 rings (SSSR count). The fraction of sp³-hybridized carbons (Fsp3) is 0.608. The number of hydrogen-bond donors (Lipinski definition) is 1. The lowest BCUT2D eigenvalue weighted by Crippen LogP contribution is -2.43. The Balaban J connectivity index is 0.933. The number of fused-ring (bicyclic) bond motifs is 1. The van der Waals surface area contributed by atoms with Crippen LogP contribution in [0.15, 0.2) is 72.3 Å². The molecule has 0 saturated carbocycles. The van der Waals surface area contributed by atoms with Crippen molar-refractivity contribution in [2.24, 2.45) is 29.1 Å². The van der Waals surface area contributed by atoms with Crippen LogP contribution in [0.2, 0.25) is 0 Å². The maximum absolute atomic E-state index is 13.2. The molecule has 352 valence electrons. The summed E-state index contributed by atoms with van der Waals surface area (Å²) in [7, 11) is 2.97. The van der Waals surface area contributed by atoms with E-state index in [4.69, 9.17) is 28.4 Å². The molecule has 0 bridgehead atoms. The van der Waals surface area contributed by atoms with E-state index in [0.717, 1.165) is 19.3 Å². The Morgan fingerprint density at radius 1 is 0.891 bits per heavy atom. The van der Waals surface area contributed by atoms with Crippen LogP contribution in [-0.4, -0.2) is 84.9 Å². The predicted octanol–water partition coefficient (Wildman–Crippen LogP) is 10.7. The topological polar surface area (TPSA) is 144 Å². The Hall–Kier alpha value is -3.94. The number of aliphatic hydroxyl groups excluding tert-OH is 1. The summed E-state index contributed by atoms with van der Waals surface area (Å²) in [5, 5.41) is 10.5. The highest BCUT2D eigenvalue weighted by Gasteiger charge is 2.43. The third-order valence-electron chi connectivity index (χ3n) is 12.6. The first-order valence-corrected chi connectivity index (χ1v) is 25.5. The average Bonchev–Trinajstić information content (AvgIpc) is 3.25. The van der Waals surface area contributed by atoms with Crippen molar-refractivity contribution in [2.75, 3.05) is 31.3 Å². The third kappa shape index (κ3) is 15.6. The maximum atomic E-state index is 13.2. The first-order chi connectivity index (χ1) is 30.4. The van der Waals surface area contributed by atoms with Crippen LogP contribution < -0.4 is 4.74 Å². The molecule has 2 aromatic carbocycles. The number of hydrogen-bond acceptors (Lipinski definition) is 13. The van der Waals surface area contributed by atoms with E-state index >= 15 is 0 Å². The summed E-state index contributed by atoms with van der Waals surface area (Å²) < 4.78 is 34.0. The first kappa shape index (κ1) is 51.1. The highest BCUT2D eigenvalue weighted by atomic mass is 33.1. The molecule has 1 heterocycles. The van der Waals surface area contributed by atoms with Crippen LogP contribution in [0.3, 0.4) is 0 Å². The summed E-state index contributed by atoms with van der Waals surface area (Å²) in [6.45, 7) is 17.3. The number of benzene rings is 2. The van der Waals surface area contributed by atoms with Crippen molar-refractivity contribution in [3.63, 3.8) is 0 Å². The molecule has 8 atom stereocenters. The van der Waals surface area contributed by atoms with Crippen molar-refractivity contribution >= 4 is 45.7 Å². The van der Waals surface area contributed by atoms with Crippen molar-refractivity contribution in [1.82, 2.24) is 0 Å². The molecule has 3 aliphatic rings. The van der Waals surface area contributed by atoms with Crippen molar-refractivity contribution in [3.05, 3.63) is 89.0 Å². The Morgan fingerprint density at radius 3 is 2.25 bits per heavy atom. The molecule has 64 heavy (non-hydrogen) atoms. The average molecular weight is 923 g/mol. The third-order valence-corrected chi connectivity index (χ3v) is 14.9. The fourth-order valence-corrected chi connectivity index (χ4v) is 9.97. The summed E-state index contributed by atoms with van der Waals surface area (Å²) in [6, 6.07) is 15.2. The number of aryl methyl sites for hydroxylation is 1. The molecule has 11 nitrogen and oxygen atoms in total. The number of carbonyl (C=O) groups excluding carboxylic acids is 4. The van der Waals surface area contributed by atoms with Crippen LogP contribution in [0.5, 0.6) is 5.75 Å². The van der Waals surface area contributed by atoms with Gasteiger partial charge in [0.25, 0.3) is 0 Å². The summed E-state index contributed by atoms with van der Waals surface area (Å²) >= 11 is 0. The van der Waals surface area contributed by atoms with Crippen LogP contribution in [0.4, 0.5) is 4.79 Å². The standard InChI is InChI=1S/C51H70O11S2/c1-9-51(7,8)48(55)62-44-29-33(2)28-37-14-10-34(3)43(46(37)44)23-22-41-30-42(31-45(53)60-41)61-49(56)58-25-27-64-63-26-24-57-47(54)36-15-20-40(21-16-36)59-32-39(52)19-13-35-11-17-38(18-12-35)50(4,5)6/h10-12,14-18,20-21,28,33-34,39,41-44,46,52H,9,13,19,22-27,29-32H2,1-8H3/t33-,34-,39?,41+,42+,43-,44-,46-/m0/s1. The van der Waals surface area contributed by atoms with Gasteiger partial charge in [0, 0.05) is 23.8 Å². The SMILES string of the molecule is CCC(C)(C)C(=O)O[C@H]1C[C@@H](C)C=C2C=C[C@H](C)[C@H](CC[C@@H]3C[C@@H](OC(=O)OCCSSCCOC(=O)c4ccc(OCC(O)CCc5ccc(C(C)(C)C)cc5)cc4)CC(=O)O3)[C@H]21. The van der Waals surface area contributed by atoms with Crippen LogP contribution in [0.1, 0.15) is 122 Å². The largest absolute Gasteiger partial charge is 0.508 e. The van der Waals surface area contributed by atoms with Crippen LogP contribution in [0.25, 0.3) is 0 Å². The number of aliphatic hydroxyl groups is 1. The molecule has 2 aliphatic carbocycles. The van der Waals surface area contributed by atoms with Gasteiger partial charge in [-0.05, 0) is 117 Å². The second-order valence-electron chi connectivity index (χ2n) is 19.2. The lowest BCUT2D eigenvalue weighted by atomic mass is 9.65. The summed E-state index contributed by atoms with van der Waals surface area (Å²) in [5.41, 5.74) is 3.61. The maximum Gasteiger partial charge on any atom is 0.508 e. The molecule has 0 aromatic heterocycles. The van der Waals surface area contributed by atoms with Gasteiger partial charge in [-0.15, -0.1) is 0 Å². The van der Waals surface area contributed by atoms with E-state index in [1.165, 1.54) is 38.3 Å². The summed E-state index contributed by atoms with van der Waals surface area (Å²) in [5.74, 6) is 1.41. The Bertz CT molecular complexity index is 1900. The van der Waals surface area contributed by atoms with Gasteiger partial charge in [-0.3, -0.25) is 9.59 Å². The zero-order chi connectivity index (χ0) is 46.4. The minimum absolute atomic E-state index is 0.0212. The van der Waals surface area contributed by atoms with Gasteiger partial charge in [0.2, 0.25) is 0 Å². The molecule has 1 saturated heterocycles. The number of esters is 3. The molecule has 0 spiro atoms. The van der Waals surface area contributed by atoms with E-state index in [-0.39, 0.29) is 61.5 Å². The van der Waals surface area contributed by atoms with Gasteiger partial charge in [-0.25, -0.2) is 9.59 Å². The molecule has 1 unspecified atom stereocenters. The van der Waals surface area contributed by atoms with Gasteiger partial charge < -0.3 is 33.5 Å². The molecule has 1 N–H and O–H groups in total. The number of carbonyl (C=O) groups is 4. The zero-order valence-electron chi connectivity index (χ0n) is 39.0. The zero-order valence-corrected chi connectivity index (χ0v) is 40.6. The van der Waals surface area contributed by atoms with Gasteiger partial charge in [0.05, 0.1) is 23.5 Å². The normalized spacial score (nSPS) is 23.8. The molecular formula is C51H70O11S2. The Kier molecular flexibility index (Phi) is 19.2. The number of cyclic esters (lactones) is 1. The smallest absolute Gasteiger partial charge is 0.491 e. The lowest BCUT2D eigenvalue weighted by Gasteiger charge is -2.44. The summed E-state index contributed by atoms with van der Waals surface area (Å²) in [6.07, 6.45) is 8.56. The first-order valence-electron chi connectivity index (χ1n) is 23.0. The van der Waals surface area contributed by atoms with Crippen LogP contribution >= 0.6 is 21.6 Å². The monoisotopic (exact) mass is 922 g/mol. The second kappa shape index (κ2) is 24.0. The van der Waals surface area contributed by atoms with E-state index < -0.39 is 41.8 Å². The molecule has 0 radical (unpaired) electrons. The lowest BCUT2D eigenvalue weighted by molar-refractivity contribution is -0.166. The second-order valence-corrected chi connectivity index (χ2v) is 21.9. The minimum Gasteiger partial charge on any atom is -0.491 e. The fourth-order valence-electron chi connectivity index (χ4n) is 8.32. The number of ether oxygens (including phenoxy) is 6. The quantitative estimate of drug-likeness (QED) is 0.0549. The molecule has 2 aromatic rings. The highest BCUT2D eigenvalue weighted by molar-refractivity contribution is 8.76. The summed E-state index contributed by atoms with van der Waals surface area (Å²) in [4.78, 5) is 50.9. The molecule has 1 fully saturated rings. The van der Waals surface area contributed by atoms with Crippen molar-refractivity contribution in [3.8, 4) is 5.75 Å². The highest BCUT2D eigenvalue weighted by Crippen LogP contribution is 2.46. The van der Waals surface area contributed by atoms with Crippen LogP contribution in [0, 0.1) is 29.1 Å². The van der Waals surface area contributed by atoms with Gasteiger partial charge in [0.15, 0.2) is 0 Å². The van der Waals surface area contributed by atoms with Crippen molar-refractivity contribution in [2.45, 2.75) is 137 Å². The Morgan fingerprint density at radius 2 is 1.58 bits per heavy atom. The van der Waals surface area contributed by atoms with E-state index in [1.807, 2.05) is 20.8 Å². The molecule has 0 amide bonds. The molecular weight excluding hydrogens is 853 g/mol. The van der Waals surface area contributed by atoms with Crippen LogP contribution in [-0.2, 0) is 45.1 Å². The Labute approximate surface area is 388 Å². The molecule has 1 aliphatic heterocycles.